The van der Waals surface area contributed by atoms with Crippen LogP contribution in [-0.2, 0) is 0 Å². The van der Waals surface area contributed by atoms with E-state index in [1.807, 2.05) is 6.07 Å². The number of anilines is 1. The first kappa shape index (κ1) is 13.6. The highest BCUT2D eigenvalue weighted by Crippen LogP contribution is 2.26. The van der Waals surface area contributed by atoms with Crippen molar-refractivity contribution >= 4 is 38.9 Å². The molecule has 4 nitrogen and oxygen atoms in total. The summed E-state index contributed by atoms with van der Waals surface area (Å²) in [5.74, 6) is 0.452. The second kappa shape index (κ2) is 5.87. The van der Waals surface area contributed by atoms with E-state index in [1.54, 1.807) is 36.8 Å². The Labute approximate surface area is 122 Å². The normalized spacial score (nSPS) is 9.74. The second-order valence-electron chi connectivity index (χ2n) is 3.61. The number of halogens is 1. The molecule has 0 bridgehead atoms. The lowest BCUT2D eigenvalue weighted by molar-refractivity contribution is 0.103. The fraction of sp³-hybridized carbons (Fsp3) is 0.0769. The lowest BCUT2D eigenvalue weighted by atomic mass is 10.2. The van der Waals surface area contributed by atoms with Crippen LogP contribution in [0.3, 0.4) is 0 Å². The monoisotopic (exact) mass is 336 g/mol. The van der Waals surface area contributed by atoms with E-state index in [2.05, 4.69) is 21.2 Å². The number of benzene rings is 1. The number of hydrogen-bond donors (Lipinski definition) is 1. The van der Waals surface area contributed by atoms with Crippen molar-refractivity contribution < 1.29 is 9.53 Å². The minimum absolute atomic E-state index is 0.210. The average Bonchev–Trinajstić information content (AvgIpc) is 2.90. The summed E-state index contributed by atoms with van der Waals surface area (Å²) in [5.41, 5.74) is 1.15. The van der Waals surface area contributed by atoms with E-state index in [0.717, 1.165) is 0 Å². The SMILES string of the molecule is COc1csc(C(=O)Nc2ccc(C#N)cc2Br)c1. The Kier molecular flexibility index (Phi) is 4.20. The zero-order valence-corrected chi connectivity index (χ0v) is 12.3. The quantitative estimate of drug-likeness (QED) is 0.930. The standard InChI is InChI=1S/C13H9BrN2O2S/c1-18-9-5-12(19-7-9)13(17)16-11-3-2-8(6-15)4-10(11)14/h2-5,7H,1H3,(H,16,17). The average molecular weight is 337 g/mol. The predicted molar refractivity (Wildman–Crippen MR) is 77.7 cm³/mol. The molecule has 1 amide bonds. The van der Waals surface area contributed by atoms with Gasteiger partial charge in [-0.2, -0.15) is 5.26 Å². The second-order valence-corrected chi connectivity index (χ2v) is 5.38. The predicted octanol–water partition coefficient (Wildman–Crippen LogP) is 3.64. The molecule has 0 atom stereocenters. The Bertz CT molecular complexity index is 661. The molecule has 1 aromatic carbocycles. The van der Waals surface area contributed by atoms with Crippen molar-refractivity contribution in [1.82, 2.24) is 0 Å². The number of nitrogens with one attached hydrogen (secondary N) is 1. The Hall–Kier alpha value is -1.84. The molecule has 1 aromatic heterocycles. The molecule has 2 aromatic rings. The van der Waals surface area contributed by atoms with E-state index in [4.69, 9.17) is 10.00 Å². The zero-order chi connectivity index (χ0) is 13.8. The van der Waals surface area contributed by atoms with Gasteiger partial charge >= 0.3 is 0 Å². The molecule has 96 valence electrons. The minimum Gasteiger partial charge on any atom is -0.496 e. The first-order chi connectivity index (χ1) is 9.13. The van der Waals surface area contributed by atoms with Gasteiger partial charge < -0.3 is 10.1 Å². The third kappa shape index (κ3) is 3.13. The third-order valence-corrected chi connectivity index (χ3v) is 3.94. The van der Waals surface area contributed by atoms with Gasteiger partial charge in [-0.1, -0.05) is 0 Å². The van der Waals surface area contributed by atoms with Gasteiger partial charge in [0.1, 0.15) is 5.75 Å². The van der Waals surface area contributed by atoms with Crippen molar-refractivity contribution in [3.05, 3.63) is 44.6 Å². The van der Waals surface area contributed by atoms with Gasteiger partial charge in [-0.15, -0.1) is 11.3 Å². The van der Waals surface area contributed by atoms with E-state index in [0.29, 0.717) is 26.4 Å². The number of amides is 1. The van der Waals surface area contributed by atoms with Gasteiger partial charge in [-0.25, -0.2) is 0 Å². The Morgan fingerprint density at radius 2 is 2.26 bits per heavy atom. The number of rotatable bonds is 3. The molecule has 0 saturated heterocycles. The number of thiophene rings is 1. The van der Waals surface area contributed by atoms with E-state index in [9.17, 15) is 4.79 Å². The van der Waals surface area contributed by atoms with Crippen LogP contribution in [0.15, 0.2) is 34.1 Å². The van der Waals surface area contributed by atoms with Gasteiger partial charge in [-0.05, 0) is 34.1 Å². The summed E-state index contributed by atoms with van der Waals surface area (Å²) in [4.78, 5) is 12.6. The fourth-order valence-corrected chi connectivity index (χ4v) is 2.64. The minimum atomic E-state index is -0.210. The van der Waals surface area contributed by atoms with Gasteiger partial charge in [-0.3, -0.25) is 4.79 Å². The van der Waals surface area contributed by atoms with Crippen LogP contribution >= 0.6 is 27.3 Å². The molecule has 0 unspecified atom stereocenters. The molecule has 0 aliphatic heterocycles. The zero-order valence-electron chi connectivity index (χ0n) is 9.94. The van der Waals surface area contributed by atoms with E-state index in [1.165, 1.54) is 11.3 Å². The Morgan fingerprint density at radius 3 is 2.84 bits per heavy atom. The number of carbonyl (C=O) groups is 1. The van der Waals surface area contributed by atoms with Crippen LogP contribution in [0.5, 0.6) is 5.75 Å². The fourth-order valence-electron chi connectivity index (χ4n) is 1.41. The molecule has 0 radical (unpaired) electrons. The van der Waals surface area contributed by atoms with Crippen LogP contribution in [-0.4, -0.2) is 13.0 Å². The van der Waals surface area contributed by atoms with Crippen LogP contribution in [0.25, 0.3) is 0 Å². The van der Waals surface area contributed by atoms with Crippen LogP contribution in [0, 0.1) is 11.3 Å². The molecule has 6 heteroatoms. The highest BCUT2D eigenvalue weighted by Gasteiger charge is 2.11. The van der Waals surface area contributed by atoms with Crippen molar-refractivity contribution in [3.8, 4) is 11.8 Å². The third-order valence-electron chi connectivity index (χ3n) is 2.38. The molecule has 0 aliphatic carbocycles. The Morgan fingerprint density at radius 1 is 1.47 bits per heavy atom. The summed E-state index contributed by atoms with van der Waals surface area (Å²) in [6, 6.07) is 8.70. The molecule has 0 fully saturated rings. The molecular weight excluding hydrogens is 328 g/mol. The van der Waals surface area contributed by atoms with Gasteiger partial charge in [0.25, 0.3) is 5.91 Å². The summed E-state index contributed by atoms with van der Waals surface area (Å²) in [6.07, 6.45) is 0. The maximum absolute atomic E-state index is 12.0. The number of hydrogen-bond acceptors (Lipinski definition) is 4. The number of methoxy groups -OCH3 is 1. The molecule has 0 spiro atoms. The maximum atomic E-state index is 12.0. The largest absolute Gasteiger partial charge is 0.496 e. The molecule has 0 aliphatic rings. The van der Waals surface area contributed by atoms with Crippen molar-refractivity contribution in [1.29, 1.82) is 5.26 Å². The van der Waals surface area contributed by atoms with Crippen LogP contribution in [0.1, 0.15) is 15.2 Å². The lowest BCUT2D eigenvalue weighted by Gasteiger charge is -2.06. The van der Waals surface area contributed by atoms with E-state index >= 15 is 0 Å². The highest BCUT2D eigenvalue weighted by atomic mass is 79.9. The molecule has 0 saturated carbocycles. The van der Waals surface area contributed by atoms with Crippen LogP contribution in [0.4, 0.5) is 5.69 Å². The first-order valence-electron chi connectivity index (χ1n) is 5.27. The van der Waals surface area contributed by atoms with Gasteiger partial charge in [0.05, 0.1) is 29.3 Å². The smallest absolute Gasteiger partial charge is 0.265 e. The number of ether oxygens (including phenoxy) is 1. The van der Waals surface area contributed by atoms with Crippen LogP contribution in [0.2, 0.25) is 0 Å². The molecule has 1 heterocycles. The van der Waals surface area contributed by atoms with E-state index < -0.39 is 0 Å². The summed E-state index contributed by atoms with van der Waals surface area (Å²) in [7, 11) is 1.56. The highest BCUT2D eigenvalue weighted by molar-refractivity contribution is 9.10. The molecule has 1 N–H and O–H groups in total. The number of carbonyl (C=O) groups excluding carboxylic acids is 1. The Balaban J connectivity index is 2.17. The van der Waals surface area contributed by atoms with Crippen molar-refractivity contribution in [2.75, 3.05) is 12.4 Å². The first-order valence-corrected chi connectivity index (χ1v) is 6.95. The summed E-state index contributed by atoms with van der Waals surface area (Å²) < 4.78 is 5.70. The van der Waals surface area contributed by atoms with Gasteiger partial charge in [0.2, 0.25) is 0 Å². The van der Waals surface area contributed by atoms with Crippen LogP contribution < -0.4 is 10.1 Å². The summed E-state index contributed by atoms with van der Waals surface area (Å²) in [5, 5.41) is 13.3. The molecule has 19 heavy (non-hydrogen) atoms. The molecule has 2 rings (SSSR count). The lowest BCUT2D eigenvalue weighted by Crippen LogP contribution is -2.10. The number of nitrogens with zero attached hydrogens (tertiary/aromatic N) is 1. The van der Waals surface area contributed by atoms with Gasteiger partial charge in [0.15, 0.2) is 0 Å². The summed E-state index contributed by atoms with van der Waals surface area (Å²) >= 11 is 4.63. The summed E-state index contributed by atoms with van der Waals surface area (Å²) in [6.45, 7) is 0. The van der Waals surface area contributed by atoms with Crippen molar-refractivity contribution in [3.63, 3.8) is 0 Å². The topological polar surface area (TPSA) is 62.1 Å². The number of nitriles is 1. The van der Waals surface area contributed by atoms with Gasteiger partial charge in [0, 0.05) is 15.9 Å². The maximum Gasteiger partial charge on any atom is 0.265 e. The molecular formula is C13H9BrN2O2S. The van der Waals surface area contributed by atoms with E-state index in [-0.39, 0.29) is 5.91 Å². The van der Waals surface area contributed by atoms with Crippen molar-refractivity contribution in [2.24, 2.45) is 0 Å². The van der Waals surface area contributed by atoms with Crippen molar-refractivity contribution in [2.45, 2.75) is 0 Å².